The molecule has 39 heavy (non-hydrogen) atoms. The molecule has 4 aromatic carbocycles. The minimum atomic E-state index is 0.467. The number of nitrogens with zero attached hydrogens (tertiary/aromatic N) is 5. The van der Waals surface area contributed by atoms with Gasteiger partial charge in [0, 0.05) is 10.0 Å². The molecule has 0 radical (unpaired) electrons. The largest absolute Gasteiger partial charge is 0.276 e. The van der Waals surface area contributed by atoms with E-state index in [4.69, 9.17) is 62.1 Å². The Bertz CT molecular complexity index is 2020. The molecule has 0 amide bonds. The molecule has 6 nitrogen and oxygen atoms in total. The number of rotatable bonds is 4. The second-order valence-corrected chi connectivity index (χ2v) is 10.4. The van der Waals surface area contributed by atoms with Crippen LogP contribution < -0.4 is 10.8 Å². The molecule has 0 aliphatic rings. The second-order valence-electron chi connectivity index (χ2n) is 8.77. The van der Waals surface area contributed by atoms with E-state index >= 15 is 0 Å². The van der Waals surface area contributed by atoms with Gasteiger partial charge in [0.15, 0.2) is 21.4 Å². The normalized spacial score (nSPS) is 11.8. The molecule has 6 aromatic rings. The standard InChI is InChI=1S/C29H19Cl3N6S/c1-17-6-2-5-9-25(17)38-28-26(36-35-24-16-19(31)12-15-21(24)32)27(33-22-7-3-4-8-23(22)34-28)37(29(38)39)20-13-10-18(30)11-14-20/h2-16,35H,1H3/b36-26+. The molecule has 0 fully saturated rings. The summed E-state index contributed by atoms with van der Waals surface area (Å²) in [4.78, 5) is 10.1. The quantitative estimate of drug-likeness (QED) is 0.166. The Kier molecular flexibility index (Phi) is 6.83. The highest BCUT2D eigenvalue weighted by Gasteiger charge is 2.17. The maximum Gasteiger partial charge on any atom is 0.192 e. The number of fused-ring (bicyclic) bond motifs is 3. The van der Waals surface area contributed by atoms with E-state index in [1.165, 1.54) is 0 Å². The summed E-state index contributed by atoms with van der Waals surface area (Å²) >= 11 is 25.1. The summed E-state index contributed by atoms with van der Waals surface area (Å²) in [6, 6.07) is 28.2. The van der Waals surface area contributed by atoms with E-state index in [0.717, 1.165) is 16.9 Å². The highest BCUT2D eigenvalue weighted by atomic mass is 35.5. The van der Waals surface area contributed by atoms with Gasteiger partial charge in [-0.1, -0.05) is 65.1 Å². The lowest BCUT2D eigenvalue weighted by molar-refractivity contribution is 0.881. The fourth-order valence-electron chi connectivity index (χ4n) is 4.33. The van der Waals surface area contributed by atoms with Crippen LogP contribution in [0.5, 0.6) is 0 Å². The molecule has 192 valence electrons. The molecular formula is C29H19Cl3N6S. The minimum absolute atomic E-state index is 0.467. The van der Waals surface area contributed by atoms with Crippen LogP contribution in [0.4, 0.5) is 5.69 Å². The molecule has 0 spiro atoms. The zero-order chi connectivity index (χ0) is 27.1. The van der Waals surface area contributed by atoms with E-state index in [0.29, 0.717) is 53.2 Å². The third-order valence-corrected chi connectivity index (χ3v) is 7.40. The first-order valence-electron chi connectivity index (χ1n) is 11.9. The number of benzene rings is 4. The van der Waals surface area contributed by atoms with E-state index < -0.39 is 0 Å². The highest BCUT2D eigenvalue weighted by molar-refractivity contribution is 7.71. The summed E-state index contributed by atoms with van der Waals surface area (Å²) in [5, 5.41) is 6.88. The average molecular weight is 590 g/mol. The molecular weight excluding hydrogens is 571 g/mol. The van der Waals surface area contributed by atoms with Crippen LogP contribution in [0.2, 0.25) is 15.1 Å². The van der Waals surface area contributed by atoms with Crippen molar-refractivity contribution in [1.82, 2.24) is 19.1 Å². The number of aryl methyl sites for hydroxylation is 1. The fraction of sp³-hybridized carbons (Fsp3) is 0.0345. The van der Waals surface area contributed by atoms with Crippen LogP contribution in [-0.2, 0) is 0 Å². The minimum Gasteiger partial charge on any atom is -0.276 e. The third-order valence-electron chi connectivity index (χ3n) is 6.22. The molecule has 2 aromatic heterocycles. The topological polar surface area (TPSA) is 60.0 Å². The van der Waals surface area contributed by atoms with Crippen LogP contribution in [0.3, 0.4) is 0 Å². The van der Waals surface area contributed by atoms with Crippen LogP contribution in [0, 0.1) is 11.7 Å². The van der Waals surface area contributed by atoms with Gasteiger partial charge in [0.2, 0.25) is 0 Å². The molecule has 2 heterocycles. The molecule has 0 unspecified atom stereocenters. The lowest BCUT2D eigenvalue weighted by atomic mass is 10.2. The fourth-order valence-corrected chi connectivity index (χ4v) is 5.17. The molecule has 0 saturated carbocycles. The molecule has 6 rings (SSSR count). The van der Waals surface area contributed by atoms with Crippen molar-refractivity contribution in [3.8, 4) is 11.4 Å². The van der Waals surface area contributed by atoms with Gasteiger partial charge in [-0.05, 0) is 85.4 Å². The number of hydrogen-bond acceptors (Lipinski definition) is 5. The molecule has 0 aliphatic heterocycles. The van der Waals surface area contributed by atoms with E-state index in [9.17, 15) is 0 Å². The second kappa shape index (κ2) is 10.4. The summed E-state index contributed by atoms with van der Waals surface area (Å²) in [5.74, 6) is 0. The zero-order valence-corrected chi connectivity index (χ0v) is 23.5. The van der Waals surface area contributed by atoms with Crippen molar-refractivity contribution in [1.29, 1.82) is 0 Å². The first kappa shape index (κ1) is 25.5. The Morgan fingerprint density at radius 2 is 1.36 bits per heavy atom. The van der Waals surface area contributed by atoms with Crippen molar-refractivity contribution < 1.29 is 0 Å². The Morgan fingerprint density at radius 3 is 2.05 bits per heavy atom. The van der Waals surface area contributed by atoms with Gasteiger partial charge in [0.05, 0.1) is 33.1 Å². The Labute approximate surface area is 243 Å². The van der Waals surface area contributed by atoms with Crippen molar-refractivity contribution >= 4 is 75.0 Å². The van der Waals surface area contributed by atoms with E-state index in [1.807, 2.05) is 88.9 Å². The van der Waals surface area contributed by atoms with Crippen LogP contribution in [-0.4, -0.2) is 19.1 Å². The summed E-state index contributed by atoms with van der Waals surface area (Å²) in [5.41, 5.74) is 8.68. The summed E-state index contributed by atoms with van der Waals surface area (Å²) in [6.45, 7) is 2.03. The number of aromatic nitrogens is 4. The Balaban J connectivity index is 1.83. The average Bonchev–Trinajstić information content (AvgIpc) is 3.05. The van der Waals surface area contributed by atoms with Crippen molar-refractivity contribution in [3.05, 3.63) is 122 Å². The summed E-state index contributed by atoms with van der Waals surface area (Å²) in [7, 11) is 0. The predicted octanol–water partition coefficient (Wildman–Crippen LogP) is 8.29. The van der Waals surface area contributed by atoms with E-state index in [-0.39, 0.29) is 0 Å². The molecule has 0 atom stereocenters. The molecule has 1 N–H and O–H groups in total. The Hall–Kier alpha value is -3.75. The van der Waals surface area contributed by atoms with Gasteiger partial charge < -0.3 is 0 Å². The van der Waals surface area contributed by atoms with Gasteiger partial charge in [0.1, 0.15) is 0 Å². The van der Waals surface area contributed by atoms with Crippen molar-refractivity contribution in [2.24, 2.45) is 5.10 Å². The SMILES string of the molecule is Cc1ccccc1-n1c(=S)n(-c2ccc(Cl)cc2)c2nc3ccccc3nc1/c2=N/Nc1cc(Cl)ccc1Cl. The van der Waals surface area contributed by atoms with Crippen LogP contribution in [0.1, 0.15) is 5.56 Å². The van der Waals surface area contributed by atoms with Crippen molar-refractivity contribution in [2.45, 2.75) is 6.92 Å². The van der Waals surface area contributed by atoms with Gasteiger partial charge in [-0.2, -0.15) is 5.10 Å². The molecule has 0 saturated heterocycles. The molecule has 10 heteroatoms. The summed E-state index contributed by atoms with van der Waals surface area (Å²) in [6.07, 6.45) is 0. The van der Waals surface area contributed by atoms with Crippen molar-refractivity contribution in [3.63, 3.8) is 0 Å². The first-order chi connectivity index (χ1) is 18.9. The van der Waals surface area contributed by atoms with Gasteiger partial charge >= 0.3 is 0 Å². The van der Waals surface area contributed by atoms with Crippen LogP contribution in [0.15, 0.2) is 96.1 Å². The van der Waals surface area contributed by atoms with E-state index in [2.05, 4.69) is 5.43 Å². The lowest BCUT2D eigenvalue weighted by Crippen LogP contribution is -2.23. The van der Waals surface area contributed by atoms with Gasteiger partial charge in [0.25, 0.3) is 0 Å². The zero-order valence-electron chi connectivity index (χ0n) is 20.4. The van der Waals surface area contributed by atoms with Gasteiger partial charge in [-0.25, -0.2) is 9.97 Å². The lowest BCUT2D eigenvalue weighted by Gasteiger charge is -2.17. The number of halogens is 3. The van der Waals surface area contributed by atoms with Gasteiger partial charge in [-0.15, -0.1) is 0 Å². The molecule has 2 bridgehead atoms. The van der Waals surface area contributed by atoms with E-state index in [1.54, 1.807) is 18.2 Å². The molecule has 0 aliphatic carbocycles. The summed E-state index contributed by atoms with van der Waals surface area (Å²) < 4.78 is 4.26. The predicted molar refractivity (Wildman–Crippen MR) is 162 cm³/mol. The Morgan fingerprint density at radius 1 is 0.744 bits per heavy atom. The number of para-hydroxylation sites is 3. The highest BCUT2D eigenvalue weighted by Crippen LogP contribution is 2.26. The number of hydrogen-bond donors (Lipinski definition) is 1. The first-order valence-corrected chi connectivity index (χ1v) is 13.5. The third kappa shape index (κ3) is 4.79. The van der Waals surface area contributed by atoms with Crippen molar-refractivity contribution in [2.75, 3.05) is 5.43 Å². The monoisotopic (exact) mass is 588 g/mol. The maximum atomic E-state index is 6.44. The smallest absolute Gasteiger partial charge is 0.192 e. The van der Waals surface area contributed by atoms with Crippen LogP contribution >= 0.6 is 47.0 Å². The van der Waals surface area contributed by atoms with Gasteiger partial charge in [-0.3, -0.25) is 14.6 Å². The number of anilines is 1. The maximum absolute atomic E-state index is 6.44. The van der Waals surface area contributed by atoms with Crippen LogP contribution in [0.25, 0.3) is 33.7 Å². The number of nitrogens with one attached hydrogen (secondary N) is 1.